The van der Waals surface area contributed by atoms with Crippen molar-refractivity contribution in [1.29, 1.82) is 0 Å². The van der Waals surface area contributed by atoms with E-state index in [2.05, 4.69) is 5.10 Å². The van der Waals surface area contributed by atoms with Gasteiger partial charge in [0, 0.05) is 12.1 Å². The first kappa shape index (κ1) is 10.2. The predicted molar refractivity (Wildman–Crippen MR) is 53.6 cm³/mol. The topological polar surface area (TPSA) is 89.0 Å². The van der Waals surface area contributed by atoms with Crippen LogP contribution in [0.5, 0.6) is 0 Å². The molecule has 0 saturated carbocycles. The Balaban J connectivity index is 2.44. The molecule has 0 amide bonds. The van der Waals surface area contributed by atoms with Gasteiger partial charge >= 0.3 is 0 Å². The first-order valence-electron chi connectivity index (χ1n) is 4.50. The Morgan fingerprint density at radius 1 is 1.33 bits per heavy atom. The molecule has 2 heterocycles. The monoisotopic (exact) mass is 230 g/mol. The zero-order valence-corrected chi connectivity index (χ0v) is 8.66. The molecule has 7 heteroatoms. The standard InChI is InChI=1S/C8H10N2O4S/c11-7-1-2-8(12)10(9-7)6-3-4-15(13,14)5-6/h1-2,6H,3-5H2,(H,9,11). The highest BCUT2D eigenvalue weighted by molar-refractivity contribution is 7.91. The van der Waals surface area contributed by atoms with Gasteiger partial charge < -0.3 is 0 Å². The van der Waals surface area contributed by atoms with Gasteiger partial charge in [0.15, 0.2) is 9.84 Å². The quantitative estimate of drug-likeness (QED) is 0.663. The van der Waals surface area contributed by atoms with Crippen molar-refractivity contribution in [3.8, 4) is 0 Å². The number of rotatable bonds is 1. The fourth-order valence-electron chi connectivity index (χ4n) is 1.69. The molecule has 1 aromatic heterocycles. The van der Waals surface area contributed by atoms with Crippen molar-refractivity contribution in [2.24, 2.45) is 0 Å². The number of nitrogens with one attached hydrogen (secondary N) is 1. The van der Waals surface area contributed by atoms with Crippen molar-refractivity contribution in [3.63, 3.8) is 0 Å². The number of hydrogen-bond donors (Lipinski definition) is 1. The van der Waals surface area contributed by atoms with Crippen LogP contribution in [0.3, 0.4) is 0 Å². The molecule has 82 valence electrons. The smallest absolute Gasteiger partial charge is 0.265 e. The van der Waals surface area contributed by atoms with Crippen molar-refractivity contribution in [3.05, 3.63) is 32.8 Å². The maximum Gasteiger partial charge on any atom is 0.265 e. The molecule has 15 heavy (non-hydrogen) atoms. The molecule has 1 aliphatic heterocycles. The molecule has 1 fully saturated rings. The molecule has 0 aromatic carbocycles. The van der Waals surface area contributed by atoms with Crippen LogP contribution in [-0.4, -0.2) is 29.7 Å². The summed E-state index contributed by atoms with van der Waals surface area (Å²) < 4.78 is 23.5. The van der Waals surface area contributed by atoms with E-state index < -0.39 is 21.4 Å². The zero-order chi connectivity index (χ0) is 11.1. The molecule has 0 aliphatic carbocycles. The van der Waals surface area contributed by atoms with E-state index in [0.29, 0.717) is 6.42 Å². The Morgan fingerprint density at radius 2 is 2.07 bits per heavy atom. The Bertz CT molecular complexity index is 583. The molecule has 6 nitrogen and oxygen atoms in total. The van der Waals surface area contributed by atoms with E-state index >= 15 is 0 Å². The summed E-state index contributed by atoms with van der Waals surface area (Å²) in [6.07, 6.45) is 0.377. The van der Waals surface area contributed by atoms with Gasteiger partial charge in [-0.3, -0.25) is 14.7 Å². The number of aromatic amines is 1. The second-order valence-electron chi connectivity index (χ2n) is 3.57. The average Bonchev–Trinajstić information content (AvgIpc) is 2.50. The van der Waals surface area contributed by atoms with E-state index in [4.69, 9.17) is 0 Å². The van der Waals surface area contributed by atoms with Crippen molar-refractivity contribution >= 4 is 9.84 Å². The second kappa shape index (κ2) is 3.34. The van der Waals surface area contributed by atoms with Gasteiger partial charge in [-0.25, -0.2) is 13.1 Å². The molecular weight excluding hydrogens is 220 g/mol. The molecule has 1 N–H and O–H groups in total. The summed E-state index contributed by atoms with van der Waals surface area (Å²) >= 11 is 0. The van der Waals surface area contributed by atoms with Crippen LogP contribution in [0.2, 0.25) is 0 Å². The highest BCUT2D eigenvalue weighted by Crippen LogP contribution is 2.20. The third kappa shape index (κ3) is 2.01. The summed E-state index contributed by atoms with van der Waals surface area (Å²) in [7, 11) is -3.05. The van der Waals surface area contributed by atoms with Crippen molar-refractivity contribution in [2.45, 2.75) is 12.5 Å². The summed E-state index contributed by atoms with van der Waals surface area (Å²) in [6.45, 7) is 0. The lowest BCUT2D eigenvalue weighted by Crippen LogP contribution is -2.32. The van der Waals surface area contributed by atoms with E-state index in [1.807, 2.05) is 0 Å². The fraction of sp³-hybridized carbons (Fsp3) is 0.500. The molecular formula is C8H10N2O4S. The Kier molecular flexibility index (Phi) is 2.26. The summed E-state index contributed by atoms with van der Waals surface area (Å²) in [5.74, 6) is -0.00606. The lowest BCUT2D eigenvalue weighted by molar-refractivity contribution is 0.468. The number of aromatic nitrogens is 2. The molecule has 0 spiro atoms. The van der Waals surface area contributed by atoms with Crippen LogP contribution in [0, 0.1) is 0 Å². The number of hydrogen-bond acceptors (Lipinski definition) is 4. The highest BCUT2D eigenvalue weighted by atomic mass is 32.2. The highest BCUT2D eigenvalue weighted by Gasteiger charge is 2.29. The molecule has 0 bridgehead atoms. The SMILES string of the molecule is O=c1ccc(=O)n(C2CCS(=O)(=O)C2)[nH]1. The lowest BCUT2D eigenvalue weighted by Gasteiger charge is -2.10. The Labute approximate surface area is 85.5 Å². The first-order chi connectivity index (χ1) is 6.98. The third-order valence-corrected chi connectivity index (χ3v) is 4.17. The van der Waals surface area contributed by atoms with Crippen LogP contribution in [0.1, 0.15) is 12.5 Å². The number of sulfone groups is 1. The minimum Gasteiger partial charge on any atom is -0.268 e. The summed E-state index contributed by atoms with van der Waals surface area (Å²) in [4.78, 5) is 22.4. The normalized spacial score (nSPS) is 24.1. The number of H-pyrrole nitrogens is 1. The van der Waals surface area contributed by atoms with E-state index in [0.717, 1.165) is 16.8 Å². The Morgan fingerprint density at radius 3 is 2.67 bits per heavy atom. The molecule has 0 radical (unpaired) electrons. The predicted octanol–water partition coefficient (Wildman–Crippen LogP) is -1.10. The van der Waals surface area contributed by atoms with Gasteiger partial charge in [-0.1, -0.05) is 0 Å². The van der Waals surface area contributed by atoms with Crippen LogP contribution in [0.15, 0.2) is 21.7 Å². The van der Waals surface area contributed by atoms with Crippen molar-refractivity contribution in [1.82, 2.24) is 9.78 Å². The Hall–Kier alpha value is -1.37. The summed E-state index contributed by atoms with van der Waals surface area (Å²) in [5, 5.41) is 2.34. The minimum absolute atomic E-state index is 0.0705. The lowest BCUT2D eigenvalue weighted by atomic mass is 10.3. The van der Waals surface area contributed by atoms with Gasteiger partial charge in [0.05, 0.1) is 17.5 Å². The number of nitrogens with zero attached hydrogens (tertiary/aromatic N) is 1. The molecule has 1 atom stereocenters. The van der Waals surface area contributed by atoms with Gasteiger partial charge in [0.25, 0.3) is 11.1 Å². The zero-order valence-electron chi connectivity index (χ0n) is 7.84. The van der Waals surface area contributed by atoms with E-state index in [1.165, 1.54) is 0 Å². The van der Waals surface area contributed by atoms with Gasteiger partial charge in [0.2, 0.25) is 0 Å². The van der Waals surface area contributed by atoms with Crippen LogP contribution in [-0.2, 0) is 9.84 Å². The second-order valence-corrected chi connectivity index (χ2v) is 5.80. The van der Waals surface area contributed by atoms with E-state index in [1.54, 1.807) is 0 Å². The largest absolute Gasteiger partial charge is 0.268 e. The molecule has 2 rings (SSSR count). The van der Waals surface area contributed by atoms with Crippen molar-refractivity contribution < 1.29 is 8.42 Å². The molecule has 1 aliphatic rings. The van der Waals surface area contributed by atoms with Gasteiger partial charge in [-0.05, 0) is 6.42 Å². The maximum absolute atomic E-state index is 11.4. The third-order valence-electron chi connectivity index (χ3n) is 2.42. The van der Waals surface area contributed by atoms with Crippen LogP contribution in [0.4, 0.5) is 0 Å². The van der Waals surface area contributed by atoms with Gasteiger partial charge in [-0.2, -0.15) is 0 Å². The fourth-order valence-corrected chi connectivity index (χ4v) is 3.39. The summed E-state index contributed by atoms with van der Waals surface area (Å²) in [5.41, 5.74) is -0.782. The van der Waals surface area contributed by atoms with Gasteiger partial charge in [0.1, 0.15) is 0 Å². The molecule has 1 aromatic rings. The minimum atomic E-state index is -3.05. The summed E-state index contributed by atoms with van der Waals surface area (Å²) in [6, 6.07) is 1.84. The molecule has 1 unspecified atom stereocenters. The molecule has 1 saturated heterocycles. The van der Waals surface area contributed by atoms with Crippen LogP contribution < -0.4 is 11.1 Å². The first-order valence-corrected chi connectivity index (χ1v) is 6.32. The van der Waals surface area contributed by atoms with Crippen molar-refractivity contribution in [2.75, 3.05) is 11.5 Å². The van der Waals surface area contributed by atoms with E-state index in [-0.39, 0.29) is 17.1 Å². The van der Waals surface area contributed by atoms with Crippen LogP contribution in [0.25, 0.3) is 0 Å². The van der Waals surface area contributed by atoms with Gasteiger partial charge in [-0.15, -0.1) is 0 Å². The average molecular weight is 230 g/mol. The van der Waals surface area contributed by atoms with Crippen LogP contribution >= 0.6 is 0 Å². The maximum atomic E-state index is 11.4. The van der Waals surface area contributed by atoms with E-state index in [9.17, 15) is 18.0 Å².